The van der Waals surface area contributed by atoms with E-state index < -0.39 is 0 Å². The maximum absolute atomic E-state index is 13.2. The number of rotatable bonds is 2. The standard InChI is InChI=1S/C20H18N4O2S/c25-20(23-8-10-26-11-9-23)18-16-13-27-17-6-2-1-5-15(17)19(16)24(22-18)14-4-3-7-21-12-14/h1-7,12H,8-11,13H2. The SMILES string of the molecule is O=C(c1nn(-c2cccnc2)c2c1CSc1ccccc1-2)N1CCOCC1. The minimum Gasteiger partial charge on any atom is -0.378 e. The van der Waals surface area contributed by atoms with Crippen molar-refractivity contribution in [2.45, 2.75) is 10.6 Å². The van der Waals surface area contributed by atoms with Crippen LogP contribution < -0.4 is 0 Å². The zero-order chi connectivity index (χ0) is 18.2. The lowest BCUT2D eigenvalue weighted by molar-refractivity contribution is 0.0298. The molecule has 1 aromatic carbocycles. The van der Waals surface area contributed by atoms with Crippen LogP contribution in [0, 0.1) is 0 Å². The molecule has 4 heterocycles. The predicted molar refractivity (Wildman–Crippen MR) is 103 cm³/mol. The monoisotopic (exact) mass is 378 g/mol. The summed E-state index contributed by atoms with van der Waals surface area (Å²) in [5.41, 5.74) is 4.50. The van der Waals surface area contributed by atoms with Crippen molar-refractivity contribution < 1.29 is 9.53 Å². The minimum atomic E-state index is -0.0165. The van der Waals surface area contributed by atoms with E-state index in [1.807, 2.05) is 33.8 Å². The van der Waals surface area contributed by atoms with Crippen LogP contribution in [-0.4, -0.2) is 51.9 Å². The highest BCUT2D eigenvalue weighted by Gasteiger charge is 2.31. The number of thioether (sulfide) groups is 1. The zero-order valence-corrected chi connectivity index (χ0v) is 15.5. The number of hydrogen-bond acceptors (Lipinski definition) is 5. The number of morpholine rings is 1. The van der Waals surface area contributed by atoms with Gasteiger partial charge in [0.1, 0.15) is 0 Å². The van der Waals surface area contributed by atoms with E-state index >= 15 is 0 Å². The maximum atomic E-state index is 13.2. The van der Waals surface area contributed by atoms with Crippen molar-refractivity contribution in [2.75, 3.05) is 26.3 Å². The van der Waals surface area contributed by atoms with Crippen molar-refractivity contribution in [1.82, 2.24) is 19.7 Å². The molecule has 3 aromatic rings. The number of amides is 1. The van der Waals surface area contributed by atoms with Crippen LogP contribution in [0.25, 0.3) is 16.9 Å². The van der Waals surface area contributed by atoms with Crippen LogP contribution in [-0.2, 0) is 10.5 Å². The number of benzene rings is 1. The molecule has 27 heavy (non-hydrogen) atoms. The number of pyridine rings is 1. The smallest absolute Gasteiger partial charge is 0.274 e. The van der Waals surface area contributed by atoms with Crippen molar-refractivity contribution in [3.8, 4) is 16.9 Å². The summed E-state index contributed by atoms with van der Waals surface area (Å²) in [7, 11) is 0. The molecular formula is C20H18N4O2S. The fraction of sp³-hybridized carbons (Fsp3) is 0.250. The second kappa shape index (κ2) is 6.83. The lowest BCUT2D eigenvalue weighted by Crippen LogP contribution is -2.41. The van der Waals surface area contributed by atoms with E-state index in [4.69, 9.17) is 9.84 Å². The molecule has 2 aromatic heterocycles. The summed E-state index contributed by atoms with van der Waals surface area (Å²) in [5.74, 6) is 0.718. The van der Waals surface area contributed by atoms with E-state index in [0.29, 0.717) is 32.0 Å². The average Bonchev–Trinajstić information content (AvgIpc) is 3.15. The van der Waals surface area contributed by atoms with Crippen molar-refractivity contribution in [2.24, 2.45) is 0 Å². The number of carbonyl (C=O) groups is 1. The molecule has 0 aliphatic carbocycles. The Labute approximate surface area is 161 Å². The van der Waals surface area contributed by atoms with Gasteiger partial charge in [0, 0.05) is 41.1 Å². The van der Waals surface area contributed by atoms with Crippen molar-refractivity contribution in [3.05, 3.63) is 60.0 Å². The average molecular weight is 378 g/mol. The van der Waals surface area contributed by atoms with Crippen LogP contribution in [0.2, 0.25) is 0 Å². The van der Waals surface area contributed by atoms with Gasteiger partial charge in [-0.2, -0.15) is 5.10 Å². The molecule has 1 fully saturated rings. The molecule has 2 aliphatic heterocycles. The molecule has 0 spiro atoms. The highest BCUT2D eigenvalue weighted by molar-refractivity contribution is 7.98. The Kier molecular flexibility index (Phi) is 4.18. The summed E-state index contributed by atoms with van der Waals surface area (Å²) in [4.78, 5) is 20.5. The Morgan fingerprint density at radius 3 is 2.78 bits per heavy atom. The Bertz CT molecular complexity index is 996. The predicted octanol–water partition coefficient (Wildman–Crippen LogP) is 3.01. The molecule has 1 saturated heterocycles. The molecule has 1 amide bonds. The lowest BCUT2D eigenvalue weighted by Gasteiger charge is -2.26. The van der Waals surface area contributed by atoms with E-state index in [1.54, 1.807) is 24.2 Å². The molecule has 5 rings (SSSR count). The van der Waals surface area contributed by atoms with E-state index in [-0.39, 0.29) is 5.91 Å². The third kappa shape index (κ3) is 2.83. The van der Waals surface area contributed by atoms with Gasteiger partial charge < -0.3 is 9.64 Å². The van der Waals surface area contributed by atoms with Gasteiger partial charge >= 0.3 is 0 Å². The first-order valence-electron chi connectivity index (χ1n) is 8.94. The molecular weight excluding hydrogens is 360 g/mol. The number of hydrogen-bond donors (Lipinski definition) is 0. The summed E-state index contributed by atoms with van der Waals surface area (Å²) in [6, 6.07) is 12.1. The molecule has 0 N–H and O–H groups in total. The number of carbonyl (C=O) groups excluding carboxylic acids is 1. The normalized spacial score (nSPS) is 15.9. The van der Waals surface area contributed by atoms with Gasteiger partial charge in [-0.25, -0.2) is 4.68 Å². The van der Waals surface area contributed by atoms with E-state index in [2.05, 4.69) is 17.1 Å². The van der Waals surface area contributed by atoms with Crippen molar-refractivity contribution in [3.63, 3.8) is 0 Å². The summed E-state index contributed by atoms with van der Waals surface area (Å²) >= 11 is 1.75. The second-order valence-electron chi connectivity index (χ2n) is 6.49. The Hall–Kier alpha value is -2.64. The maximum Gasteiger partial charge on any atom is 0.274 e. The van der Waals surface area contributed by atoms with Gasteiger partial charge in [0.25, 0.3) is 5.91 Å². The summed E-state index contributed by atoms with van der Waals surface area (Å²) in [6.45, 7) is 2.37. The molecule has 2 aliphatic rings. The molecule has 136 valence electrons. The number of aromatic nitrogens is 3. The first-order chi connectivity index (χ1) is 13.3. The molecule has 0 radical (unpaired) electrons. The van der Waals surface area contributed by atoms with Gasteiger partial charge in [-0.15, -0.1) is 11.8 Å². The van der Waals surface area contributed by atoms with E-state index in [9.17, 15) is 4.79 Å². The molecule has 6 nitrogen and oxygen atoms in total. The number of fused-ring (bicyclic) bond motifs is 3. The topological polar surface area (TPSA) is 60.2 Å². The lowest BCUT2D eigenvalue weighted by atomic mass is 10.0. The summed E-state index contributed by atoms with van der Waals surface area (Å²) < 4.78 is 7.26. The highest BCUT2D eigenvalue weighted by Crippen LogP contribution is 2.43. The fourth-order valence-corrected chi connectivity index (χ4v) is 4.62. The van der Waals surface area contributed by atoms with Crippen LogP contribution in [0.4, 0.5) is 0 Å². The Morgan fingerprint density at radius 1 is 1.11 bits per heavy atom. The third-order valence-corrected chi connectivity index (χ3v) is 5.99. The van der Waals surface area contributed by atoms with Crippen LogP contribution in [0.1, 0.15) is 16.1 Å². The second-order valence-corrected chi connectivity index (χ2v) is 7.51. The van der Waals surface area contributed by atoms with Gasteiger partial charge in [0.05, 0.1) is 30.8 Å². The van der Waals surface area contributed by atoms with E-state index in [1.165, 1.54) is 4.90 Å². The van der Waals surface area contributed by atoms with Crippen molar-refractivity contribution in [1.29, 1.82) is 0 Å². The Balaban J connectivity index is 1.68. The zero-order valence-electron chi connectivity index (χ0n) is 14.7. The minimum absolute atomic E-state index is 0.0165. The van der Waals surface area contributed by atoms with Crippen LogP contribution in [0.5, 0.6) is 0 Å². The number of nitrogens with zero attached hydrogens (tertiary/aromatic N) is 4. The first kappa shape index (κ1) is 16.5. The molecule has 0 bridgehead atoms. The first-order valence-corrected chi connectivity index (χ1v) is 9.93. The van der Waals surface area contributed by atoms with Crippen LogP contribution in [0.3, 0.4) is 0 Å². The molecule has 7 heteroatoms. The third-order valence-electron chi connectivity index (χ3n) is 4.89. The van der Waals surface area contributed by atoms with Crippen LogP contribution >= 0.6 is 11.8 Å². The Morgan fingerprint density at radius 2 is 1.96 bits per heavy atom. The molecule has 0 atom stereocenters. The van der Waals surface area contributed by atoms with Crippen molar-refractivity contribution >= 4 is 17.7 Å². The molecule has 0 saturated carbocycles. The largest absolute Gasteiger partial charge is 0.378 e. The molecule has 0 unspecified atom stereocenters. The fourth-order valence-electron chi connectivity index (χ4n) is 3.56. The van der Waals surface area contributed by atoms with Gasteiger partial charge in [0.2, 0.25) is 0 Å². The van der Waals surface area contributed by atoms with Gasteiger partial charge in [-0.1, -0.05) is 18.2 Å². The summed E-state index contributed by atoms with van der Waals surface area (Å²) in [5, 5.41) is 4.77. The number of ether oxygens (including phenoxy) is 1. The summed E-state index contributed by atoms with van der Waals surface area (Å²) in [6.07, 6.45) is 3.52. The van der Waals surface area contributed by atoms with Crippen LogP contribution in [0.15, 0.2) is 53.7 Å². The van der Waals surface area contributed by atoms with Gasteiger partial charge in [-0.05, 0) is 18.2 Å². The van der Waals surface area contributed by atoms with Gasteiger partial charge in [0.15, 0.2) is 5.69 Å². The highest BCUT2D eigenvalue weighted by atomic mass is 32.2. The quantitative estimate of drug-likeness (QED) is 0.686. The van der Waals surface area contributed by atoms with E-state index in [0.717, 1.165) is 28.3 Å². The van der Waals surface area contributed by atoms with Gasteiger partial charge in [-0.3, -0.25) is 9.78 Å².